The van der Waals surface area contributed by atoms with Crippen molar-refractivity contribution in [2.45, 2.75) is 12.3 Å². The largest absolute Gasteiger partial charge is 0.355 e. The average molecular weight is 425 g/mol. The number of nitrogens with one attached hydrogen (secondary N) is 1. The van der Waals surface area contributed by atoms with E-state index in [0.717, 1.165) is 22.5 Å². The minimum Gasteiger partial charge on any atom is -0.355 e. The highest BCUT2D eigenvalue weighted by Gasteiger charge is 2.10. The maximum absolute atomic E-state index is 12.2. The SMILES string of the molecule is CN=C(NCCS(=O)Cc1ccccc1)N(C)Cc1cc(Br)cn1C. The molecule has 0 aliphatic carbocycles. The molecule has 0 saturated heterocycles. The normalized spacial score (nSPS) is 12.9. The van der Waals surface area contributed by atoms with E-state index in [1.807, 2.05) is 50.6 Å². The van der Waals surface area contributed by atoms with Crippen LogP contribution < -0.4 is 5.32 Å². The van der Waals surface area contributed by atoms with Crippen LogP contribution in [0.25, 0.3) is 0 Å². The molecule has 1 heterocycles. The van der Waals surface area contributed by atoms with Crippen LogP contribution in [0, 0.1) is 0 Å². The molecular weight excluding hydrogens is 400 g/mol. The number of benzene rings is 1. The first-order chi connectivity index (χ1) is 12.0. The van der Waals surface area contributed by atoms with Crippen molar-refractivity contribution in [3.05, 3.63) is 58.3 Å². The van der Waals surface area contributed by atoms with Crippen LogP contribution in [0.4, 0.5) is 0 Å². The Hall–Kier alpha value is -1.60. The summed E-state index contributed by atoms with van der Waals surface area (Å²) in [5, 5.41) is 3.29. The molecule has 1 unspecified atom stereocenters. The van der Waals surface area contributed by atoms with Crippen LogP contribution >= 0.6 is 15.9 Å². The van der Waals surface area contributed by atoms with E-state index in [-0.39, 0.29) is 0 Å². The fraction of sp³-hybridized carbons (Fsp3) is 0.389. The van der Waals surface area contributed by atoms with Gasteiger partial charge in [-0.2, -0.15) is 0 Å². The molecule has 2 rings (SSSR count). The van der Waals surface area contributed by atoms with E-state index in [0.29, 0.717) is 18.1 Å². The highest BCUT2D eigenvalue weighted by Crippen LogP contribution is 2.14. The lowest BCUT2D eigenvalue weighted by Gasteiger charge is -2.22. The van der Waals surface area contributed by atoms with E-state index in [1.165, 1.54) is 5.69 Å². The molecule has 0 amide bonds. The Bertz CT molecular complexity index is 730. The van der Waals surface area contributed by atoms with E-state index < -0.39 is 10.8 Å². The number of aliphatic imine (C=N–C) groups is 1. The lowest BCUT2D eigenvalue weighted by Crippen LogP contribution is -2.40. The maximum Gasteiger partial charge on any atom is 0.193 e. The predicted octanol–water partition coefficient (Wildman–Crippen LogP) is 2.74. The van der Waals surface area contributed by atoms with Crippen LogP contribution in [0.3, 0.4) is 0 Å². The number of rotatable bonds is 7. The molecular formula is C18H25BrN4OS. The van der Waals surface area contributed by atoms with Gasteiger partial charge >= 0.3 is 0 Å². The summed E-state index contributed by atoms with van der Waals surface area (Å²) in [6, 6.07) is 12.0. The van der Waals surface area contributed by atoms with E-state index in [9.17, 15) is 4.21 Å². The van der Waals surface area contributed by atoms with E-state index >= 15 is 0 Å². The third-order valence-electron chi connectivity index (χ3n) is 3.83. The maximum atomic E-state index is 12.2. The second kappa shape index (κ2) is 9.77. The highest BCUT2D eigenvalue weighted by molar-refractivity contribution is 9.10. The molecule has 0 radical (unpaired) electrons. The summed E-state index contributed by atoms with van der Waals surface area (Å²) in [7, 11) is 4.90. The first-order valence-corrected chi connectivity index (χ1v) is 10.4. The molecule has 0 fully saturated rings. The minimum atomic E-state index is -0.887. The molecule has 25 heavy (non-hydrogen) atoms. The summed E-state index contributed by atoms with van der Waals surface area (Å²) in [5.41, 5.74) is 2.29. The predicted molar refractivity (Wildman–Crippen MR) is 109 cm³/mol. The second-order valence-electron chi connectivity index (χ2n) is 5.86. The van der Waals surface area contributed by atoms with Gasteiger partial charge in [0.25, 0.3) is 0 Å². The first kappa shape index (κ1) is 19.7. The molecule has 0 bridgehead atoms. The van der Waals surface area contributed by atoms with Gasteiger partial charge in [0.05, 0.1) is 6.54 Å². The summed E-state index contributed by atoms with van der Waals surface area (Å²) in [4.78, 5) is 6.37. The first-order valence-electron chi connectivity index (χ1n) is 8.11. The molecule has 0 aliphatic heterocycles. The van der Waals surface area contributed by atoms with Crippen molar-refractivity contribution in [1.29, 1.82) is 0 Å². The van der Waals surface area contributed by atoms with Crippen LogP contribution in [0.5, 0.6) is 0 Å². The van der Waals surface area contributed by atoms with Crippen molar-refractivity contribution in [2.75, 3.05) is 26.4 Å². The summed E-state index contributed by atoms with van der Waals surface area (Å²) in [6.45, 7) is 1.38. The Labute approximate surface area is 160 Å². The molecule has 136 valence electrons. The van der Waals surface area contributed by atoms with Crippen molar-refractivity contribution < 1.29 is 4.21 Å². The van der Waals surface area contributed by atoms with Gasteiger partial charge in [-0.1, -0.05) is 30.3 Å². The number of guanidine groups is 1. The Morgan fingerprint density at radius 3 is 2.68 bits per heavy atom. The molecule has 1 N–H and O–H groups in total. The molecule has 0 saturated carbocycles. The van der Waals surface area contributed by atoms with E-state index in [1.54, 1.807) is 7.05 Å². The van der Waals surface area contributed by atoms with Crippen molar-refractivity contribution in [3.63, 3.8) is 0 Å². The topological polar surface area (TPSA) is 49.6 Å². The number of aryl methyl sites for hydroxylation is 1. The third-order valence-corrected chi connectivity index (χ3v) is 5.58. The van der Waals surface area contributed by atoms with Crippen LogP contribution in [-0.4, -0.2) is 46.0 Å². The number of hydrogen-bond donors (Lipinski definition) is 1. The van der Waals surface area contributed by atoms with Crippen LogP contribution in [0.15, 0.2) is 52.1 Å². The van der Waals surface area contributed by atoms with Gasteiger partial charge in [-0.05, 0) is 27.6 Å². The van der Waals surface area contributed by atoms with E-state index in [4.69, 9.17) is 0 Å². The van der Waals surface area contributed by atoms with Crippen molar-refractivity contribution in [2.24, 2.45) is 12.0 Å². The molecule has 2 aromatic rings. The zero-order chi connectivity index (χ0) is 18.2. The van der Waals surface area contributed by atoms with Gasteiger partial charge in [0, 0.05) is 66.4 Å². The van der Waals surface area contributed by atoms with Crippen molar-refractivity contribution in [3.8, 4) is 0 Å². The molecule has 7 heteroatoms. The summed E-state index contributed by atoms with van der Waals surface area (Å²) < 4.78 is 15.4. The third kappa shape index (κ3) is 6.32. The van der Waals surface area contributed by atoms with Gasteiger partial charge < -0.3 is 14.8 Å². The monoisotopic (exact) mass is 424 g/mol. The molecule has 0 spiro atoms. The minimum absolute atomic E-state index is 0.592. The molecule has 1 aromatic carbocycles. The van der Waals surface area contributed by atoms with Gasteiger partial charge in [-0.3, -0.25) is 9.20 Å². The highest BCUT2D eigenvalue weighted by atomic mass is 79.9. The van der Waals surface area contributed by atoms with Gasteiger partial charge in [0.2, 0.25) is 0 Å². The zero-order valence-corrected chi connectivity index (χ0v) is 17.3. The Kier molecular flexibility index (Phi) is 7.71. The number of hydrogen-bond acceptors (Lipinski definition) is 2. The molecule has 1 aromatic heterocycles. The van der Waals surface area contributed by atoms with Gasteiger partial charge in [0.15, 0.2) is 5.96 Å². The number of halogens is 1. The smallest absolute Gasteiger partial charge is 0.193 e. The van der Waals surface area contributed by atoms with E-state index in [2.05, 4.69) is 41.8 Å². The summed E-state index contributed by atoms with van der Waals surface area (Å²) in [6.07, 6.45) is 2.03. The summed E-state index contributed by atoms with van der Waals surface area (Å²) in [5.74, 6) is 1.99. The summed E-state index contributed by atoms with van der Waals surface area (Å²) >= 11 is 3.49. The van der Waals surface area contributed by atoms with Crippen LogP contribution in [0.2, 0.25) is 0 Å². The Morgan fingerprint density at radius 1 is 1.36 bits per heavy atom. The zero-order valence-electron chi connectivity index (χ0n) is 14.9. The fourth-order valence-corrected chi connectivity index (χ4v) is 4.14. The fourth-order valence-electron chi connectivity index (χ4n) is 2.53. The average Bonchev–Trinajstić information content (AvgIpc) is 2.89. The van der Waals surface area contributed by atoms with Crippen LogP contribution in [0.1, 0.15) is 11.3 Å². The van der Waals surface area contributed by atoms with Crippen molar-refractivity contribution >= 4 is 32.7 Å². The lowest BCUT2D eigenvalue weighted by atomic mass is 10.2. The lowest BCUT2D eigenvalue weighted by molar-refractivity contribution is 0.464. The van der Waals surface area contributed by atoms with Crippen molar-refractivity contribution in [1.82, 2.24) is 14.8 Å². The number of aromatic nitrogens is 1. The van der Waals surface area contributed by atoms with Gasteiger partial charge in [-0.15, -0.1) is 0 Å². The quantitative estimate of drug-likeness (QED) is 0.548. The standard InChI is InChI=1S/C18H25BrN4OS/c1-20-18(23(3)13-17-11-16(19)12-22(17)2)21-9-10-25(24)14-15-7-5-4-6-8-15/h4-8,11-12H,9-10,13-14H2,1-3H3,(H,20,21). The molecule has 0 aliphatic rings. The Balaban J connectivity index is 1.79. The van der Waals surface area contributed by atoms with Crippen LogP contribution in [-0.2, 0) is 30.1 Å². The van der Waals surface area contributed by atoms with Gasteiger partial charge in [-0.25, -0.2) is 0 Å². The molecule has 1 atom stereocenters. The Morgan fingerprint density at radius 2 is 2.08 bits per heavy atom. The van der Waals surface area contributed by atoms with Gasteiger partial charge in [0.1, 0.15) is 0 Å². The second-order valence-corrected chi connectivity index (χ2v) is 8.36. The number of nitrogens with zero attached hydrogens (tertiary/aromatic N) is 3. The molecule has 5 nitrogen and oxygen atoms in total.